The first-order valence-corrected chi connectivity index (χ1v) is 6.07. The Balaban J connectivity index is 3.18. The van der Waals surface area contributed by atoms with Gasteiger partial charge in [0, 0.05) is 13.1 Å². The molecular weight excluding hydrogens is 256 g/mol. The van der Waals surface area contributed by atoms with Gasteiger partial charge in [0.25, 0.3) is 0 Å². The van der Waals surface area contributed by atoms with Crippen LogP contribution in [0.1, 0.15) is 13.8 Å². The Kier molecular flexibility index (Phi) is 4.78. The first-order valence-electron chi connectivity index (χ1n) is 5.25. The van der Waals surface area contributed by atoms with E-state index < -0.39 is 11.0 Å². The molecule has 0 aliphatic carbocycles. The van der Waals surface area contributed by atoms with Crippen LogP contribution in [0.25, 0.3) is 0 Å². The maximum absolute atomic E-state index is 11.4. The number of carbonyl (C=O) groups is 1. The number of hydrogen-bond acceptors (Lipinski definition) is 4. The fourth-order valence-corrected chi connectivity index (χ4v) is 2.02. The largest absolute Gasteiger partial charge is 0.343 e. The van der Waals surface area contributed by atoms with Crippen molar-refractivity contribution in [3.63, 3.8) is 0 Å². The number of amides is 2. The molecule has 0 atom stereocenters. The van der Waals surface area contributed by atoms with Crippen molar-refractivity contribution in [3.8, 4) is 0 Å². The van der Waals surface area contributed by atoms with Crippen molar-refractivity contribution in [2.24, 2.45) is 4.99 Å². The first-order chi connectivity index (χ1) is 8.43. The fraction of sp³-hybridized carbons (Fsp3) is 0.400. The third-order valence-electron chi connectivity index (χ3n) is 1.85. The monoisotopic (exact) mass is 270 g/mol. The Labute approximate surface area is 108 Å². The molecule has 18 heavy (non-hydrogen) atoms. The number of hydrogen-bond donors (Lipinski definition) is 1. The van der Waals surface area contributed by atoms with Gasteiger partial charge in [-0.25, -0.2) is 4.79 Å². The highest BCUT2D eigenvalue weighted by Crippen LogP contribution is 2.14. The number of aromatic nitrogens is 1. The molecule has 0 aliphatic heterocycles. The van der Waals surface area contributed by atoms with Crippen molar-refractivity contribution in [2.45, 2.75) is 20.4 Å². The maximum atomic E-state index is 11.4. The summed E-state index contributed by atoms with van der Waals surface area (Å²) < 4.78 is 1.54. The van der Waals surface area contributed by atoms with E-state index in [4.69, 9.17) is 0 Å². The van der Waals surface area contributed by atoms with Gasteiger partial charge in [-0.1, -0.05) is 12.2 Å². The molecule has 0 radical (unpaired) electrons. The van der Waals surface area contributed by atoms with Crippen LogP contribution in [0.15, 0.2) is 23.3 Å². The molecule has 1 rings (SSSR count). The molecule has 0 aliphatic rings. The molecule has 0 saturated carbocycles. The molecule has 2 amide bonds. The van der Waals surface area contributed by atoms with Crippen LogP contribution < -0.4 is 10.1 Å². The highest BCUT2D eigenvalue weighted by molar-refractivity contribution is 7.12. The minimum atomic E-state index is -0.510. The van der Waals surface area contributed by atoms with Crippen molar-refractivity contribution in [2.75, 3.05) is 6.54 Å². The van der Waals surface area contributed by atoms with Gasteiger partial charge in [0.1, 0.15) is 0 Å². The third-order valence-corrected chi connectivity index (χ3v) is 2.83. The number of nitrogens with one attached hydrogen (secondary N) is 1. The van der Waals surface area contributed by atoms with Crippen LogP contribution in [0.5, 0.6) is 0 Å². The average Bonchev–Trinajstić information content (AvgIpc) is 2.61. The van der Waals surface area contributed by atoms with Crippen LogP contribution >= 0.6 is 11.3 Å². The molecule has 7 nitrogen and oxygen atoms in total. The molecule has 8 heteroatoms. The van der Waals surface area contributed by atoms with Gasteiger partial charge < -0.3 is 9.88 Å². The Bertz CT molecular complexity index is 544. The molecule has 98 valence electrons. The molecule has 0 unspecified atom stereocenters. The van der Waals surface area contributed by atoms with Gasteiger partial charge in [0.05, 0.1) is 11.1 Å². The zero-order valence-corrected chi connectivity index (χ0v) is 11.0. The van der Waals surface area contributed by atoms with Crippen molar-refractivity contribution in [1.82, 2.24) is 9.88 Å². The minimum Gasteiger partial charge on any atom is -0.336 e. The van der Waals surface area contributed by atoms with E-state index >= 15 is 0 Å². The molecule has 1 aromatic heterocycles. The van der Waals surface area contributed by atoms with E-state index in [2.05, 4.69) is 16.9 Å². The Morgan fingerprint density at radius 2 is 2.39 bits per heavy atom. The van der Waals surface area contributed by atoms with E-state index in [9.17, 15) is 14.9 Å². The van der Waals surface area contributed by atoms with Gasteiger partial charge in [-0.05, 0) is 25.2 Å². The van der Waals surface area contributed by atoms with E-state index in [1.165, 1.54) is 6.20 Å². The predicted octanol–water partition coefficient (Wildman–Crippen LogP) is 1.66. The van der Waals surface area contributed by atoms with Crippen LogP contribution in [0, 0.1) is 10.1 Å². The summed E-state index contributed by atoms with van der Waals surface area (Å²) in [7, 11) is 0. The summed E-state index contributed by atoms with van der Waals surface area (Å²) in [6, 6.07) is -0.510. The van der Waals surface area contributed by atoms with Gasteiger partial charge in [0.15, 0.2) is 0 Å². The van der Waals surface area contributed by atoms with Crippen LogP contribution in [-0.2, 0) is 6.54 Å². The van der Waals surface area contributed by atoms with Gasteiger partial charge in [0.2, 0.25) is 4.80 Å². The zero-order valence-electron chi connectivity index (χ0n) is 10.2. The van der Waals surface area contributed by atoms with Crippen LogP contribution in [-0.4, -0.2) is 22.1 Å². The molecular formula is C10H14N4O3S. The number of thiazole rings is 1. The number of rotatable bonds is 4. The summed E-state index contributed by atoms with van der Waals surface area (Å²) >= 11 is 0.859. The number of nitrogens with zero attached hydrogens (tertiary/aromatic N) is 3. The smallest absolute Gasteiger partial charge is 0.336 e. The Hall–Kier alpha value is -1.96. The number of carbonyl (C=O) groups excluding carboxylic acids is 1. The molecule has 0 bridgehead atoms. The second kappa shape index (κ2) is 6.10. The van der Waals surface area contributed by atoms with E-state index in [0.29, 0.717) is 13.1 Å². The lowest BCUT2D eigenvalue weighted by Crippen LogP contribution is -2.24. The van der Waals surface area contributed by atoms with Gasteiger partial charge in [-0.3, -0.25) is 10.1 Å². The summed E-state index contributed by atoms with van der Waals surface area (Å²) in [6.07, 6.45) is 1.36. The van der Waals surface area contributed by atoms with Crippen molar-refractivity contribution in [1.29, 1.82) is 0 Å². The quantitative estimate of drug-likeness (QED) is 0.512. The van der Waals surface area contributed by atoms with Crippen LogP contribution in [0.4, 0.5) is 9.80 Å². The summed E-state index contributed by atoms with van der Waals surface area (Å²) in [4.78, 5) is 25.6. The molecule has 0 spiro atoms. The highest BCUT2D eigenvalue weighted by atomic mass is 32.1. The van der Waals surface area contributed by atoms with Gasteiger partial charge in [-0.15, -0.1) is 0 Å². The normalized spacial score (nSPS) is 11.3. The molecule has 0 saturated heterocycles. The summed E-state index contributed by atoms with van der Waals surface area (Å²) in [5.74, 6) is 0. The second-order valence-corrected chi connectivity index (χ2v) is 4.63. The number of nitro groups is 1. The van der Waals surface area contributed by atoms with Crippen molar-refractivity contribution >= 4 is 22.4 Å². The van der Waals surface area contributed by atoms with Crippen LogP contribution in [0.3, 0.4) is 0 Å². The maximum Gasteiger partial charge on any atom is 0.343 e. The molecule has 1 N–H and O–H groups in total. The van der Waals surface area contributed by atoms with E-state index in [0.717, 1.165) is 16.9 Å². The van der Waals surface area contributed by atoms with E-state index in [1.807, 2.05) is 0 Å². The Morgan fingerprint density at radius 3 is 2.89 bits per heavy atom. The van der Waals surface area contributed by atoms with Crippen molar-refractivity contribution in [3.05, 3.63) is 33.3 Å². The topological polar surface area (TPSA) is 89.5 Å². The lowest BCUT2D eigenvalue weighted by atomic mass is 10.3. The van der Waals surface area contributed by atoms with E-state index in [1.54, 1.807) is 18.4 Å². The first kappa shape index (κ1) is 14.1. The molecule has 0 aromatic carbocycles. The predicted molar refractivity (Wildman–Crippen MR) is 68.4 cm³/mol. The van der Waals surface area contributed by atoms with E-state index in [-0.39, 0.29) is 9.80 Å². The summed E-state index contributed by atoms with van der Waals surface area (Å²) in [5, 5.41) is 13.2. The summed E-state index contributed by atoms with van der Waals surface area (Å²) in [5.41, 5.74) is 0.819. The highest BCUT2D eigenvalue weighted by Gasteiger charge is 2.13. The molecule has 0 fully saturated rings. The summed E-state index contributed by atoms with van der Waals surface area (Å²) in [6.45, 7) is 8.15. The lowest BCUT2D eigenvalue weighted by Gasteiger charge is -2.00. The SMILES string of the molecule is C=C(C)Cn1cc([N+](=O)[O-])s/c1=N/C(=O)NCC. The molecule has 1 aromatic rings. The fourth-order valence-electron chi connectivity index (χ4n) is 1.22. The second-order valence-electron chi connectivity index (χ2n) is 3.64. The van der Waals surface area contributed by atoms with Gasteiger partial charge >= 0.3 is 11.0 Å². The van der Waals surface area contributed by atoms with Gasteiger partial charge in [-0.2, -0.15) is 4.99 Å². The third kappa shape index (κ3) is 3.81. The molecule has 1 heterocycles. The number of allylic oxidation sites excluding steroid dienone is 1. The minimum absolute atomic E-state index is 0.0562. The van der Waals surface area contributed by atoms with Crippen molar-refractivity contribution < 1.29 is 9.72 Å². The standard InChI is InChI=1S/C10H14N4O3S/c1-4-11-9(15)12-10-13(5-7(2)3)6-8(18-10)14(16)17/h6H,2,4-5H2,1,3H3,(H,11,15)/b12-10+. The average molecular weight is 270 g/mol. The lowest BCUT2D eigenvalue weighted by molar-refractivity contribution is -0.380. The zero-order chi connectivity index (χ0) is 13.7. The number of urea groups is 1. The van der Waals surface area contributed by atoms with Crippen LogP contribution in [0.2, 0.25) is 0 Å². The Morgan fingerprint density at radius 1 is 1.72 bits per heavy atom.